The predicted molar refractivity (Wildman–Crippen MR) is 194 cm³/mol. The summed E-state index contributed by atoms with van der Waals surface area (Å²) in [6.07, 6.45) is 51.8. The summed E-state index contributed by atoms with van der Waals surface area (Å²) < 4.78 is 2.57. The molecule has 1 aromatic rings. The zero-order chi connectivity index (χ0) is 30.9. The minimum atomic E-state index is 1.22. The molecule has 43 heavy (non-hydrogen) atoms. The standard InChI is InChI=1S/C42H80N/c1-4-7-10-13-16-19-20-21-22-23-24-25-28-31-34-37-43-39-41(35-32-29-26-17-14-11-8-5-2)38-42(40-43)36-33-30-27-18-15-12-9-6-3/h38-40H,4-37H2,1-3H3/q+1. The topological polar surface area (TPSA) is 3.88 Å². The Bertz CT molecular complexity index is 641. The van der Waals surface area contributed by atoms with E-state index in [9.17, 15) is 0 Å². The summed E-state index contributed by atoms with van der Waals surface area (Å²) in [5.74, 6) is 0. The first-order valence-electron chi connectivity index (χ1n) is 20.3. The second-order valence-corrected chi connectivity index (χ2v) is 14.2. The molecule has 1 rings (SSSR count). The summed E-state index contributed by atoms with van der Waals surface area (Å²) in [5.41, 5.74) is 3.20. The van der Waals surface area contributed by atoms with Gasteiger partial charge in [0.05, 0.1) is 0 Å². The van der Waals surface area contributed by atoms with Crippen molar-refractivity contribution >= 4 is 0 Å². The van der Waals surface area contributed by atoms with Crippen LogP contribution in [0.25, 0.3) is 0 Å². The van der Waals surface area contributed by atoms with Crippen LogP contribution in [0.15, 0.2) is 18.5 Å². The molecule has 1 nitrogen and oxygen atoms in total. The average molecular weight is 599 g/mol. The number of rotatable bonds is 34. The molecule has 252 valence electrons. The molecule has 0 N–H and O–H groups in total. The number of aryl methyl sites for hydroxylation is 3. The zero-order valence-corrected chi connectivity index (χ0v) is 30.2. The van der Waals surface area contributed by atoms with Crippen LogP contribution in [0, 0.1) is 0 Å². The van der Waals surface area contributed by atoms with E-state index in [4.69, 9.17) is 0 Å². The number of unbranched alkanes of at least 4 members (excludes halogenated alkanes) is 28. The van der Waals surface area contributed by atoms with Crippen LogP contribution in [0.5, 0.6) is 0 Å². The van der Waals surface area contributed by atoms with Gasteiger partial charge in [0.1, 0.15) is 6.54 Å². The second kappa shape index (κ2) is 32.5. The summed E-state index contributed by atoms with van der Waals surface area (Å²) in [4.78, 5) is 0. The maximum Gasteiger partial charge on any atom is 0.171 e. The third-order valence-corrected chi connectivity index (χ3v) is 9.69. The number of pyridine rings is 1. The Hall–Kier alpha value is -0.850. The molecule has 0 aromatic carbocycles. The number of nitrogens with zero attached hydrogens (tertiary/aromatic N) is 1. The van der Waals surface area contributed by atoms with Gasteiger partial charge in [-0.3, -0.25) is 0 Å². The summed E-state index contributed by atoms with van der Waals surface area (Å²) >= 11 is 0. The fourth-order valence-corrected chi connectivity index (χ4v) is 6.77. The number of hydrogen-bond acceptors (Lipinski definition) is 0. The molecular weight excluding hydrogens is 518 g/mol. The van der Waals surface area contributed by atoms with Crippen molar-refractivity contribution in [2.45, 2.75) is 239 Å². The first kappa shape index (κ1) is 40.2. The van der Waals surface area contributed by atoms with Gasteiger partial charge in [0.15, 0.2) is 12.4 Å². The lowest BCUT2D eigenvalue weighted by molar-refractivity contribution is -0.698. The Balaban J connectivity index is 2.28. The van der Waals surface area contributed by atoms with E-state index in [0.717, 1.165) is 0 Å². The van der Waals surface area contributed by atoms with Gasteiger partial charge in [-0.05, 0) is 38.2 Å². The molecular formula is C42H80N+. The lowest BCUT2D eigenvalue weighted by atomic mass is 10.0. The Morgan fingerprint density at radius 2 is 0.581 bits per heavy atom. The van der Waals surface area contributed by atoms with Crippen LogP contribution in [-0.4, -0.2) is 0 Å². The molecule has 0 aliphatic carbocycles. The molecule has 0 unspecified atom stereocenters. The van der Waals surface area contributed by atoms with E-state index in [1.54, 1.807) is 11.1 Å². The van der Waals surface area contributed by atoms with Crippen LogP contribution >= 0.6 is 0 Å². The van der Waals surface area contributed by atoms with Crippen LogP contribution in [0.4, 0.5) is 0 Å². The third-order valence-electron chi connectivity index (χ3n) is 9.69. The molecule has 0 fully saturated rings. The van der Waals surface area contributed by atoms with Gasteiger partial charge in [0.25, 0.3) is 0 Å². The van der Waals surface area contributed by atoms with Crippen molar-refractivity contribution in [3.63, 3.8) is 0 Å². The molecule has 0 bridgehead atoms. The van der Waals surface area contributed by atoms with Crippen LogP contribution < -0.4 is 4.57 Å². The second-order valence-electron chi connectivity index (χ2n) is 14.2. The number of aromatic nitrogens is 1. The van der Waals surface area contributed by atoms with Crippen molar-refractivity contribution in [1.29, 1.82) is 0 Å². The van der Waals surface area contributed by atoms with Gasteiger partial charge in [-0.15, -0.1) is 0 Å². The van der Waals surface area contributed by atoms with Crippen LogP contribution in [0.2, 0.25) is 0 Å². The van der Waals surface area contributed by atoms with Crippen LogP contribution in [0.1, 0.15) is 231 Å². The predicted octanol–water partition coefficient (Wildman–Crippen LogP) is 14.2. The van der Waals surface area contributed by atoms with Gasteiger partial charge < -0.3 is 0 Å². The highest BCUT2D eigenvalue weighted by molar-refractivity contribution is 5.15. The SMILES string of the molecule is CCCCCCCCCCCCCCCCC[n+]1cc(CCCCCCCCCC)cc(CCCCCCCCCC)c1. The van der Waals surface area contributed by atoms with E-state index < -0.39 is 0 Å². The summed E-state index contributed by atoms with van der Waals surface area (Å²) in [5, 5.41) is 0. The molecule has 1 heteroatoms. The molecule has 0 amide bonds. The molecule has 1 aromatic heterocycles. The van der Waals surface area contributed by atoms with E-state index >= 15 is 0 Å². The molecule has 1 heterocycles. The molecule has 0 aliphatic rings. The van der Waals surface area contributed by atoms with E-state index in [2.05, 4.69) is 43.8 Å². The lowest BCUT2D eigenvalue weighted by Crippen LogP contribution is -2.34. The Labute approximate surface area is 272 Å². The molecule has 0 atom stereocenters. The van der Waals surface area contributed by atoms with E-state index in [-0.39, 0.29) is 0 Å². The lowest BCUT2D eigenvalue weighted by Gasteiger charge is -2.07. The maximum absolute atomic E-state index is 2.57. The first-order chi connectivity index (χ1) is 21.3. The molecule has 0 saturated heterocycles. The fraction of sp³-hybridized carbons (Fsp3) is 0.881. The largest absolute Gasteiger partial charge is 0.205 e. The van der Waals surface area contributed by atoms with E-state index in [1.165, 1.54) is 218 Å². The summed E-state index contributed by atoms with van der Waals surface area (Å²) in [6, 6.07) is 2.56. The van der Waals surface area contributed by atoms with E-state index in [0.29, 0.717) is 0 Å². The van der Waals surface area contributed by atoms with Gasteiger partial charge in [0, 0.05) is 17.5 Å². The third kappa shape index (κ3) is 27.2. The minimum absolute atomic E-state index is 1.22. The monoisotopic (exact) mass is 599 g/mol. The summed E-state index contributed by atoms with van der Waals surface area (Å²) in [7, 11) is 0. The van der Waals surface area contributed by atoms with Gasteiger partial charge in [-0.2, -0.15) is 0 Å². The molecule has 0 saturated carbocycles. The molecule has 0 aliphatic heterocycles. The van der Waals surface area contributed by atoms with E-state index in [1.807, 2.05) is 0 Å². The normalized spacial score (nSPS) is 11.5. The summed E-state index contributed by atoms with van der Waals surface area (Å²) in [6.45, 7) is 8.16. The quantitative estimate of drug-likeness (QED) is 0.0549. The molecule has 0 radical (unpaired) electrons. The minimum Gasteiger partial charge on any atom is -0.205 e. The zero-order valence-electron chi connectivity index (χ0n) is 30.2. The van der Waals surface area contributed by atoms with Crippen molar-refractivity contribution in [3.05, 3.63) is 29.6 Å². The first-order valence-corrected chi connectivity index (χ1v) is 20.3. The van der Waals surface area contributed by atoms with Crippen LogP contribution in [0.3, 0.4) is 0 Å². The van der Waals surface area contributed by atoms with Crippen molar-refractivity contribution in [2.75, 3.05) is 0 Å². The highest BCUT2D eigenvalue weighted by Gasteiger charge is 2.09. The Kier molecular flexibility index (Phi) is 30.4. The Morgan fingerprint density at radius 1 is 0.326 bits per heavy atom. The van der Waals surface area contributed by atoms with Gasteiger partial charge in [0.2, 0.25) is 0 Å². The van der Waals surface area contributed by atoms with Gasteiger partial charge in [-0.1, -0.05) is 194 Å². The maximum atomic E-state index is 2.57. The van der Waals surface area contributed by atoms with Crippen molar-refractivity contribution in [3.8, 4) is 0 Å². The average Bonchev–Trinajstić information content (AvgIpc) is 3.01. The molecule has 0 spiro atoms. The Morgan fingerprint density at radius 3 is 0.884 bits per heavy atom. The van der Waals surface area contributed by atoms with Gasteiger partial charge in [-0.25, -0.2) is 4.57 Å². The van der Waals surface area contributed by atoms with Crippen molar-refractivity contribution < 1.29 is 4.57 Å². The smallest absolute Gasteiger partial charge is 0.171 e. The van der Waals surface area contributed by atoms with Crippen molar-refractivity contribution in [1.82, 2.24) is 0 Å². The highest BCUT2D eigenvalue weighted by atomic mass is 14.9. The number of hydrogen-bond donors (Lipinski definition) is 0. The van der Waals surface area contributed by atoms with Gasteiger partial charge >= 0.3 is 0 Å². The van der Waals surface area contributed by atoms with Crippen molar-refractivity contribution in [2.24, 2.45) is 0 Å². The fourth-order valence-electron chi connectivity index (χ4n) is 6.77. The van der Waals surface area contributed by atoms with Crippen LogP contribution in [-0.2, 0) is 19.4 Å². The highest BCUT2D eigenvalue weighted by Crippen LogP contribution is 2.16.